The summed E-state index contributed by atoms with van der Waals surface area (Å²) in [6, 6.07) is 0. The van der Waals surface area contributed by atoms with Gasteiger partial charge in [-0.05, 0) is 38.8 Å². The van der Waals surface area contributed by atoms with Gasteiger partial charge in [-0.1, -0.05) is 104 Å². The first-order chi connectivity index (χ1) is 15.2. The summed E-state index contributed by atoms with van der Waals surface area (Å²) in [5.74, 6) is -0.0288. The third-order valence-electron chi connectivity index (χ3n) is 6.11. The largest absolute Gasteiger partial charge is 0.466 e. The van der Waals surface area contributed by atoms with Crippen molar-refractivity contribution >= 4 is 5.97 Å². The minimum atomic E-state index is -0.0288. The Morgan fingerprint density at radius 1 is 0.613 bits per heavy atom. The van der Waals surface area contributed by atoms with Crippen molar-refractivity contribution in [2.45, 2.75) is 136 Å². The number of hydrogen-bond donors (Lipinski definition) is 1. The van der Waals surface area contributed by atoms with E-state index in [0.717, 1.165) is 45.3 Å². The molecular formula is C27H55NO3. The lowest BCUT2D eigenvalue weighted by atomic mass is 10.1. The molecule has 0 heterocycles. The maximum Gasteiger partial charge on any atom is 0.305 e. The monoisotopic (exact) mass is 441 g/mol. The van der Waals surface area contributed by atoms with Crippen LogP contribution in [0.3, 0.4) is 0 Å². The highest BCUT2D eigenvalue weighted by atomic mass is 16.5. The van der Waals surface area contributed by atoms with Crippen molar-refractivity contribution in [3.63, 3.8) is 0 Å². The summed E-state index contributed by atoms with van der Waals surface area (Å²) in [5.41, 5.74) is 0. The lowest BCUT2D eigenvalue weighted by Gasteiger charge is -2.21. The molecule has 0 aromatic heterocycles. The number of unbranched alkanes of at least 4 members (excludes halogenated alkanes) is 15. The molecule has 1 N–H and O–H groups in total. The molecule has 186 valence electrons. The van der Waals surface area contributed by atoms with Gasteiger partial charge in [-0.3, -0.25) is 4.79 Å². The van der Waals surface area contributed by atoms with E-state index in [0.29, 0.717) is 13.0 Å². The van der Waals surface area contributed by atoms with Crippen molar-refractivity contribution in [3.8, 4) is 0 Å². The summed E-state index contributed by atoms with van der Waals surface area (Å²) >= 11 is 0. The molecule has 0 saturated heterocycles. The molecule has 0 aliphatic carbocycles. The molecule has 0 aliphatic rings. The lowest BCUT2D eigenvalue weighted by molar-refractivity contribution is -0.143. The predicted molar refractivity (Wildman–Crippen MR) is 134 cm³/mol. The molecule has 0 bridgehead atoms. The van der Waals surface area contributed by atoms with Crippen LogP contribution in [-0.2, 0) is 9.53 Å². The van der Waals surface area contributed by atoms with Crippen LogP contribution >= 0.6 is 0 Å². The molecule has 0 unspecified atom stereocenters. The van der Waals surface area contributed by atoms with Gasteiger partial charge in [0.2, 0.25) is 0 Å². The van der Waals surface area contributed by atoms with E-state index in [1.807, 2.05) is 0 Å². The number of rotatable bonds is 25. The molecule has 0 aromatic rings. The fourth-order valence-electron chi connectivity index (χ4n) is 4.04. The quantitative estimate of drug-likeness (QED) is 0.119. The lowest BCUT2D eigenvalue weighted by Crippen LogP contribution is -2.29. The van der Waals surface area contributed by atoms with Crippen molar-refractivity contribution in [2.75, 3.05) is 32.8 Å². The normalized spacial score (nSPS) is 11.4. The van der Waals surface area contributed by atoms with Crippen LogP contribution < -0.4 is 0 Å². The Balaban J connectivity index is 3.48. The van der Waals surface area contributed by atoms with Crippen LogP contribution in [0.25, 0.3) is 0 Å². The number of aliphatic hydroxyl groups is 1. The van der Waals surface area contributed by atoms with Gasteiger partial charge in [0.25, 0.3) is 0 Å². The highest BCUT2D eigenvalue weighted by molar-refractivity contribution is 5.69. The predicted octanol–water partition coefficient (Wildman–Crippen LogP) is 7.28. The first kappa shape index (κ1) is 30.4. The smallest absolute Gasteiger partial charge is 0.305 e. The Hall–Kier alpha value is -0.610. The Morgan fingerprint density at radius 3 is 1.58 bits per heavy atom. The third kappa shape index (κ3) is 23.9. The molecule has 4 nitrogen and oxygen atoms in total. The molecule has 0 saturated carbocycles. The van der Waals surface area contributed by atoms with E-state index < -0.39 is 0 Å². The van der Waals surface area contributed by atoms with Gasteiger partial charge >= 0.3 is 5.97 Å². The Morgan fingerprint density at radius 2 is 1.06 bits per heavy atom. The number of esters is 1. The molecule has 0 aliphatic heterocycles. The van der Waals surface area contributed by atoms with Crippen molar-refractivity contribution < 1.29 is 14.6 Å². The molecule has 0 spiro atoms. The maximum atomic E-state index is 11.9. The van der Waals surface area contributed by atoms with Gasteiger partial charge in [0.15, 0.2) is 0 Å². The average molecular weight is 442 g/mol. The first-order valence-corrected chi connectivity index (χ1v) is 13.7. The Kier molecular flexibility index (Phi) is 25.1. The number of carbonyl (C=O) groups excluding carboxylic acids is 1. The average Bonchev–Trinajstić information content (AvgIpc) is 2.77. The van der Waals surface area contributed by atoms with Crippen molar-refractivity contribution in [1.29, 1.82) is 0 Å². The Labute approximate surface area is 194 Å². The van der Waals surface area contributed by atoms with Gasteiger partial charge < -0.3 is 14.7 Å². The zero-order chi connectivity index (χ0) is 22.8. The zero-order valence-corrected chi connectivity index (χ0v) is 21.2. The molecule has 4 heteroatoms. The maximum absolute atomic E-state index is 11.9. The molecule has 31 heavy (non-hydrogen) atoms. The molecule has 0 atom stereocenters. The van der Waals surface area contributed by atoms with Crippen molar-refractivity contribution in [1.82, 2.24) is 4.90 Å². The molecule has 0 fully saturated rings. The summed E-state index contributed by atoms with van der Waals surface area (Å²) in [6.07, 6.45) is 23.1. The number of carbonyl (C=O) groups is 1. The number of nitrogens with zero attached hydrogens (tertiary/aromatic N) is 1. The van der Waals surface area contributed by atoms with E-state index in [2.05, 4.69) is 18.7 Å². The number of aliphatic hydroxyl groups excluding tert-OH is 1. The van der Waals surface area contributed by atoms with Crippen LogP contribution in [0.5, 0.6) is 0 Å². The minimum Gasteiger partial charge on any atom is -0.466 e. The van der Waals surface area contributed by atoms with Gasteiger partial charge in [-0.2, -0.15) is 0 Å². The number of ether oxygens (including phenoxy) is 1. The van der Waals surface area contributed by atoms with E-state index in [9.17, 15) is 9.90 Å². The van der Waals surface area contributed by atoms with E-state index in [4.69, 9.17) is 4.74 Å². The van der Waals surface area contributed by atoms with Gasteiger partial charge in [0.05, 0.1) is 13.2 Å². The molecule has 0 rings (SSSR count). The standard InChI is InChI=1S/C27H55NO3/c1-3-5-7-9-11-12-13-15-20-26-31-27(30)21-17-16-19-23-28(24-25-29)22-18-14-10-8-6-4-2/h29H,3-26H2,1-2H3. The third-order valence-corrected chi connectivity index (χ3v) is 6.11. The van der Waals surface area contributed by atoms with Crippen LogP contribution in [0, 0.1) is 0 Å². The van der Waals surface area contributed by atoms with Crippen molar-refractivity contribution in [3.05, 3.63) is 0 Å². The van der Waals surface area contributed by atoms with E-state index in [1.165, 1.54) is 89.9 Å². The van der Waals surface area contributed by atoms with Crippen LogP contribution in [0.1, 0.15) is 136 Å². The van der Waals surface area contributed by atoms with Gasteiger partial charge in [-0.15, -0.1) is 0 Å². The fraction of sp³-hybridized carbons (Fsp3) is 0.963. The van der Waals surface area contributed by atoms with Gasteiger partial charge in [0, 0.05) is 13.0 Å². The second-order valence-corrected chi connectivity index (χ2v) is 9.19. The molecule has 0 radical (unpaired) electrons. The molecular weight excluding hydrogens is 386 g/mol. The second kappa shape index (κ2) is 25.6. The van der Waals surface area contributed by atoms with E-state index in [1.54, 1.807) is 0 Å². The Bertz CT molecular complexity index is 362. The second-order valence-electron chi connectivity index (χ2n) is 9.19. The zero-order valence-electron chi connectivity index (χ0n) is 21.2. The fourth-order valence-corrected chi connectivity index (χ4v) is 4.04. The van der Waals surface area contributed by atoms with Crippen molar-refractivity contribution in [2.24, 2.45) is 0 Å². The van der Waals surface area contributed by atoms with Crippen LogP contribution in [0.4, 0.5) is 0 Å². The van der Waals surface area contributed by atoms with Crippen LogP contribution in [0.15, 0.2) is 0 Å². The highest BCUT2D eigenvalue weighted by Gasteiger charge is 2.06. The first-order valence-electron chi connectivity index (χ1n) is 13.7. The summed E-state index contributed by atoms with van der Waals surface area (Å²) < 4.78 is 5.38. The molecule has 0 aromatic carbocycles. The van der Waals surface area contributed by atoms with Crippen LogP contribution in [-0.4, -0.2) is 48.8 Å². The van der Waals surface area contributed by atoms with Gasteiger partial charge in [0.1, 0.15) is 0 Å². The summed E-state index contributed by atoms with van der Waals surface area (Å²) in [6.45, 7) is 8.23. The summed E-state index contributed by atoms with van der Waals surface area (Å²) in [7, 11) is 0. The van der Waals surface area contributed by atoms with E-state index >= 15 is 0 Å². The van der Waals surface area contributed by atoms with Crippen LogP contribution in [0.2, 0.25) is 0 Å². The van der Waals surface area contributed by atoms with Gasteiger partial charge in [-0.25, -0.2) is 0 Å². The topological polar surface area (TPSA) is 49.8 Å². The molecule has 0 amide bonds. The highest BCUT2D eigenvalue weighted by Crippen LogP contribution is 2.10. The number of hydrogen-bond acceptors (Lipinski definition) is 4. The summed E-state index contributed by atoms with van der Waals surface area (Å²) in [4.78, 5) is 14.2. The van der Waals surface area contributed by atoms with E-state index in [-0.39, 0.29) is 12.6 Å². The summed E-state index contributed by atoms with van der Waals surface area (Å²) in [5, 5.41) is 9.28. The minimum absolute atomic E-state index is 0.0288. The SMILES string of the molecule is CCCCCCCCCCCOC(=O)CCCCCN(CCO)CCCCCCCC.